The van der Waals surface area contributed by atoms with Crippen molar-refractivity contribution in [3.63, 3.8) is 0 Å². The standard InChI is InChI=1S/C9H13NOS/c11-9(8-3-6-12-7-8)10-4-1-2-5-10/h3,6-7,9,11H,1-2,4-5H2. The summed E-state index contributed by atoms with van der Waals surface area (Å²) in [7, 11) is 0. The highest BCUT2D eigenvalue weighted by molar-refractivity contribution is 7.07. The largest absolute Gasteiger partial charge is 0.374 e. The summed E-state index contributed by atoms with van der Waals surface area (Å²) >= 11 is 1.64. The summed E-state index contributed by atoms with van der Waals surface area (Å²) in [6.45, 7) is 2.08. The molecule has 0 amide bonds. The molecule has 0 aromatic carbocycles. The number of hydrogen-bond donors (Lipinski definition) is 1. The molecule has 1 aromatic heterocycles. The van der Waals surface area contributed by atoms with Crippen molar-refractivity contribution in [1.29, 1.82) is 0 Å². The van der Waals surface area contributed by atoms with Gasteiger partial charge in [0.05, 0.1) is 0 Å². The van der Waals surface area contributed by atoms with E-state index < -0.39 is 0 Å². The minimum Gasteiger partial charge on any atom is -0.374 e. The first-order valence-corrected chi connectivity index (χ1v) is 5.26. The van der Waals surface area contributed by atoms with E-state index in [4.69, 9.17) is 0 Å². The first-order chi connectivity index (χ1) is 5.88. The van der Waals surface area contributed by atoms with Crippen molar-refractivity contribution < 1.29 is 5.11 Å². The molecule has 1 N–H and O–H groups in total. The maximum Gasteiger partial charge on any atom is 0.134 e. The lowest BCUT2D eigenvalue weighted by Gasteiger charge is -2.21. The summed E-state index contributed by atoms with van der Waals surface area (Å²) < 4.78 is 0. The molecule has 1 fully saturated rings. The maximum atomic E-state index is 9.84. The van der Waals surface area contributed by atoms with Crippen molar-refractivity contribution in [3.05, 3.63) is 22.4 Å². The van der Waals surface area contributed by atoms with Crippen molar-refractivity contribution in [2.24, 2.45) is 0 Å². The minimum atomic E-state index is -0.362. The van der Waals surface area contributed by atoms with Gasteiger partial charge in [0.15, 0.2) is 0 Å². The lowest BCUT2D eigenvalue weighted by atomic mass is 10.3. The molecule has 1 atom stereocenters. The van der Waals surface area contributed by atoms with Crippen molar-refractivity contribution in [1.82, 2.24) is 4.90 Å². The van der Waals surface area contributed by atoms with Crippen LogP contribution >= 0.6 is 11.3 Å². The van der Waals surface area contributed by atoms with E-state index in [0.29, 0.717) is 0 Å². The second-order valence-corrected chi connectivity index (χ2v) is 3.95. The number of hydrogen-bond acceptors (Lipinski definition) is 3. The number of aliphatic hydroxyl groups excluding tert-OH is 1. The van der Waals surface area contributed by atoms with E-state index in [1.165, 1.54) is 12.8 Å². The highest BCUT2D eigenvalue weighted by atomic mass is 32.1. The third kappa shape index (κ3) is 1.53. The Labute approximate surface area is 76.4 Å². The Morgan fingerprint density at radius 1 is 1.42 bits per heavy atom. The van der Waals surface area contributed by atoms with Gasteiger partial charge in [-0.1, -0.05) is 0 Å². The first kappa shape index (κ1) is 8.23. The van der Waals surface area contributed by atoms with E-state index in [0.717, 1.165) is 18.7 Å². The highest BCUT2D eigenvalue weighted by Crippen LogP contribution is 2.23. The molecule has 2 rings (SSSR count). The van der Waals surface area contributed by atoms with Gasteiger partial charge in [0.25, 0.3) is 0 Å². The van der Waals surface area contributed by atoms with Gasteiger partial charge in [-0.25, -0.2) is 0 Å². The van der Waals surface area contributed by atoms with Gasteiger partial charge in [0.2, 0.25) is 0 Å². The fourth-order valence-electron chi connectivity index (χ4n) is 1.62. The summed E-state index contributed by atoms with van der Waals surface area (Å²) in [6, 6.07) is 1.99. The van der Waals surface area contributed by atoms with Gasteiger partial charge < -0.3 is 5.11 Å². The molecule has 1 saturated heterocycles. The van der Waals surface area contributed by atoms with E-state index in [-0.39, 0.29) is 6.23 Å². The average Bonchev–Trinajstić information content (AvgIpc) is 2.77. The first-order valence-electron chi connectivity index (χ1n) is 4.32. The molecule has 2 nitrogen and oxygen atoms in total. The van der Waals surface area contributed by atoms with Gasteiger partial charge in [-0.2, -0.15) is 11.3 Å². The zero-order valence-corrected chi connectivity index (χ0v) is 7.76. The van der Waals surface area contributed by atoms with E-state index >= 15 is 0 Å². The van der Waals surface area contributed by atoms with E-state index in [1.807, 2.05) is 16.8 Å². The van der Waals surface area contributed by atoms with Crippen LogP contribution in [0, 0.1) is 0 Å². The summed E-state index contributed by atoms with van der Waals surface area (Å²) in [5, 5.41) is 13.9. The summed E-state index contributed by atoms with van der Waals surface area (Å²) in [5.74, 6) is 0. The molecule has 1 aromatic rings. The molecule has 0 bridgehead atoms. The molecule has 1 aliphatic heterocycles. The lowest BCUT2D eigenvalue weighted by molar-refractivity contribution is 0.0194. The van der Waals surface area contributed by atoms with Crippen LogP contribution in [0.15, 0.2) is 16.8 Å². The van der Waals surface area contributed by atoms with Crippen molar-refractivity contribution in [3.8, 4) is 0 Å². The molecule has 3 heteroatoms. The van der Waals surface area contributed by atoms with Gasteiger partial charge in [0, 0.05) is 18.7 Å². The molecule has 0 aliphatic carbocycles. The average molecular weight is 183 g/mol. The Morgan fingerprint density at radius 3 is 2.75 bits per heavy atom. The molecule has 66 valence electrons. The molecule has 0 radical (unpaired) electrons. The molecule has 1 unspecified atom stereocenters. The maximum absolute atomic E-state index is 9.84. The van der Waals surface area contributed by atoms with Gasteiger partial charge in [-0.3, -0.25) is 4.90 Å². The fraction of sp³-hybridized carbons (Fsp3) is 0.556. The van der Waals surface area contributed by atoms with Crippen molar-refractivity contribution in [2.45, 2.75) is 19.1 Å². The van der Waals surface area contributed by atoms with Gasteiger partial charge in [-0.05, 0) is 29.7 Å². The molecule has 0 saturated carbocycles. The number of likely N-dealkylation sites (tertiary alicyclic amines) is 1. The second kappa shape index (κ2) is 3.56. The van der Waals surface area contributed by atoms with E-state index in [2.05, 4.69) is 4.90 Å². The Hall–Kier alpha value is -0.380. The van der Waals surface area contributed by atoms with Crippen LogP contribution in [0.5, 0.6) is 0 Å². The normalized spacial score (nSPS) is 21.4. The molecular weight excluding hydrogens is 170 g/mol. The van der Waals surface area contributed by atoms with Gasteiger partial charge in [0.1, 0.15) is 6.23 Å². The SMILES string of the molecule is OC(c1ccsc1)N1CCCC1. The smallest absolute Gasteiger partial charge is 0.134 e. The van der Waals surface area contributed by atoms with Crippen LogP contribution in [0.1, 0.15) is 24.6 Å². The zero-order chi connectivity index (χ0) is 8.39. The minimum absolute atomic E-state index is 0.362. The Morgan fingerprint density at radius 2 is 2.17 bits per heavy atom. The second-order valence-electron chi connectivity index (χ2n) is 3.17. The Kier molecular flexibility index (Phi) is 2.44. The van der Waals surface area contributed by atoms with Crippen LogP contribution in [-0.2, 0) is 0 Å². The molecule has 2 heterocycles. The molecular formula is C9H13NOS. The summed E-state index contributed by atoms with van der Waals surface area (Å²) in [6.07, 6.45) is 2.08. The Balaban J connectivity index is 2.04. The third-order valence-corrected chi connectivity index (χ3v) is 3.03. The van der Waals surface area contributed by atoms with Crippen molar-refractivity contribution >= 4 is 11.3 Å². The van der Waals surface area contributed by atoms with Crippen molar-refractivity contribution in [2.75, 3.05) is 13.1 Å². The van der Waals surface area contributed by atoms with Crippen LogP contribution in [-0.4, -0.2) is 23.1 Å². The number of aliphatic hydroxyl groups is 1. The van der Waals surface area contributed by atoms with Gasteiger partial charge in [-0.15, -0.1) is 0 Å². The van der Waals surface area contributed by atoms with E-state index in [9.17, 15) is 5.11 Å². The van der Waals surface area contributed by atoms with Crippen LogP contribution in [0.25, 0.3) is 0 Å². The highest BCUT2D eigenvalue weighted by Gasteiger charge is 2.20. The van der Waals surface area contributed by atoms with Gasteiger partial charge >= 0.3 is 0 Å². The van der Waals surface area contributed by atoms with Crippen LogP contribution < -0.4 is 0 Å². The van der Waals surface area contributed by atoms with E-state index in [1.54, 1.807) is 11.3 Å². The topological polar surface area (TPSA) is 23.5 Å². The number of rotatable bonds is 2. The Bertz CT molecular complexity index is 229. The zero-order valence-electron chi connectivity index (χ0n) is 6.94. The summed E-state index contributed by atoms with van der Waals surface area (Å²) in [5.41, 5.74) is 1.04. The predicted molar refractivity (Wildman–Crippen MR) is 50.1 cm³/mol. The molecule has 12 heavy (non-hydrogen) atoms. The van der Waals surface area contributed by atoms with Crippen LogP contribution in [0.3, 0.4) is 0 Å². The number of thiophene rings is 1. The third-order valence-electron chi connectivity index (χ3n) is 2.33. The lowest BCUT2D eigenvalue weighted by Crippen LogP contribution is -2.24. The molecule has 1 aliphatic rings. The van der Waals surface area contributed by atoms with Crippen LogP contribution in [0.4, 0.5) is 0 Å². The number of nitrogens with zero attached hydrogens (tertiary/aromatic N) is 1. The summed E-state index contributed by atoms with van der Waals surface area (Å²) in [4.78, 5) is 2.13. The predicted octanol–water partition coefficient (Wildman–Crippen LogP) is 1.83. The quantitative estimate of drug-likeness (QED) is 0.756. The van der Waals surface area contributed by atoms with Crippen LogP contribution in [0.2, 0.25) is 0 Å². The fourth-order valence-corrected chi connectivity index (χ4v) is 2.29. The molecule has 0 spiro atoms. The monoisotopic (exact) mass is 183 g/mol.